The van der Waals surface area contributed by atoms with Crippen LogP contribution < -0.4 is 10.2 Å². The van der Waals surface area contributed by atoms with Crippen molar-refractivity contribution >= 4 is 17.8 Å². The van der Waals surface area contributed by atoms with Crippen LogP contribution in [0.15, 0.2) is 0 Å². The highest BCUT2D eigenvalue weighted by Crippen LogP contribution is 2.53. The van der Waals surface area contributed by atoms with E-state index in [1.165, 1.54) is 4.90 Å². The van der Waals surface area contributed by atoms with Crippen molar-refractivity contribution in [3.63, 3.8) is 0 Å². The van der Waals surface area contributed by atoms with Gasteiger partial charge in [-0.25, -0.2) is 9.69 Å². The summed E-state index contributed by atoms with van der Waals surface area (Å²) in [6.07, 6.45) is 3.08. The quantitative estimate of drug-likeness (QED) is 0.749. The van der Waals surface area contributed by atoms with Crippen LogP contribution in [0.1, 0.15) is 58.2 Å². The molecule has 7 heteroatoms. The Kier molecular flexibility index (Phi) is 3.58. The number of urea groups is 1. The highest BCUT2D eigenvalue weighted by atomic mass is 16.3. The van der Waals surface area contributed by atoms with E-state index in [1.807, 2.05) is 0 Å². The Morgan fingerprint density at radius 2 is 1.92 bits per heavy atom. The molecular weight excluding hydrogens is 332 g/mol. The molecular formula is C19H28N4O3. The number of fused-ring (bicyclic) bond motifs is 3. The molecule has 0 spiro atoms. The van der Waals surface area contributed by atoms with Crippen molar-refractivity contribution in [2.45, 2.75) is 70.4 Å². The predicted molar refractivity (Wildman–Crippen MR) is 96.9 cm³/mol. The molecule has 0 radical (unpaired) electrons. The number of anilines is 1. The van der Waals surface area contributed by atoms with Crippen LogP contribution in [0.5, 0.6) is 0 Å². The third kappa shape index (κ3) is 2.12. The molecule has 1 aromatic rings. The van der Waals surface area contributed by atoms with E-state index in [2.05, 4.69) is 19.2 Å². The highest BCUT2D eigenvalue weighted by molar-refractivity contribution is 6.23. The summed E-state index contributed by atoms with van der Waals surface area (Å²) in [5.74, 6) is 0.948. The number of aliphatic hydroxyl groups excluding tert-OH is 1. The number of amides is 3. The van der Waals surface area contributed by atoms with Crippen LogP contribution in [0.2, 0.25) is 0 Å². The lowest BCUT2D eigenvalue weighted by Crippen LogP contribution is -2.48. The summed E-state index contributed by atoms with van der Waals surface area (Å²) in [6.45, 7) is 7.79. The van der Waals surface area contributed by atoms with Crippen molar-refractivity contribution in [3.05, 3.63) is 11.3 Å². The van der Waals surface area contributed by atoms with Crippen LogP contribution in [0.4, 0.5) is 10.6 Å². The van der Waals surface area contributed by atoms with Gasteiger partial charge in [-0.3, -0.25) is 9.48 Å². The van der Waals surface area contributed by atoms with E-state index in [9.17, 15) is 14.7 Å². The largest absolute Gasteiger partial charge is 0.393 e. The fourth-order valence-corrected chi connectivity index (χ4v) is 5.39. The fourth-order valence-electron chi connectivity index (χ4n) is 5.39. The molecule has 26 heavy (non-hydrogen) atoms. The van der Waals surface area contributed by atoms with Gasteiger partial charge in [-0.15, -0.1) is 0 Å². The van der Waals surface area contributed by atoms with Gasteiger partial charge < -0.3 is 10.4 Å². The van der Waals surface area contributed by atoms with Crippen LogP contribution in [0, 0.1) is 11.8 Å². The van der Waals surface area contributed by atoms with Crippen LogP contribution in [0.3, 0.4) is 0 Å². The Morgan fingerprint density at radius 3 is 2.54 bits per heavy atom. The predicted octanol–water partition coefficient (Wildman–Crippen LogP) is 1.87. The lowest BCUT2D eigenvalue weighted by Gasteiger charge is -2.49. The van der Waals surface area contributed by atoms with Gasteiger partial charge in [0.25, 0.3) is 5.91 Å². The first-order chi connectivity index (χ1) is 12.1. The average molecular weight is 360 g/mol. The van der Waals surface area contributed by atoms with Crippen molar-refractivity contribution < 1.29 is 14.7 Å². The Morgan fingerprint density at radius 1 is 1.23 bits per heavy atom. The molecule has 1 saturated heterocycles. The minimum atomic E-state index is -0.904. The average Bonchev–Trinajstić information content (AvgIpc) is 2.98. The summed E-state index contributed by atoms with van der Waals surface area (Å²) in [6, 6.07) is -0.384. The van der Waals surface area contributed by atoms with Crippen LogP contribution in [0.25, 0.3) is 0 Å². The Labute approximate surface area is 153 Å². The molecule has 4 atom stereocenters. The first-order valence-corrected chi connectivity index (χ1v) is 9.49. The van der Waals surface area contributed by atoms with Crippen molar-refractivity contribution in [2.75, 3.05) is 4.90 Å². The van der Waals surface area contributed by atoms with Gasteiger partial charge in [-0.2, -0.15) is 5.10 Å². The van der Waals surface area contributed by atoms with Gasteiger partial charge in [-0.1, -0.05) is 13.8 Å². The molecule has 1 aromatic heterocycles. The second-order valence-electron chi connectivity index (χ2n) is 9.00. The molecule has 2 N–H and O–H groups in total. The topological polar surface area (TPSA) is 87.5 Å². The number of nitrogens with zero attached hydrogens (tertiary/aromatic N) is 3. The number of aliphatic hydroxyl groups is 1. The van der Waals surface area contributed by atoms with Crippen LogP contribution in [-0.2, 0) is 23.7 Å². The fraction of sp³-hybridized carbons (Fsp3) is 0.737. The van der Waals surface area contributed by atoms with E-state index in [0.717, 1.165) is 36.9 Å². The van der Waals surface area contributed by atoms with Gasteiger partial charge in [0.1, 0.15) is 11.4 Å². The minimum absolute atomic E-state index is 0.128. The number of rotatable bonds is 1. The number of aromatic nitrogens is 2. The third-order valence-electron chi connectivity index (χ3n) is 6.95. The maximum atomic E-state index is 12.8. The van der Waals surface area contributed by atoms with Gasteiger partial charge in [0.15, 0.2) is 0 Å². The van der Waals surface area contributed by atoms with E-state index in [0.29, 0.717) is 11.7 Å². The molecule has 7 nitrogen and oxygen atoms in total. The Bertz CT molecular complexity index is 799. The van der Waals surface area contributed by atoms with E-state index in [-0.39, 0.29) is 29.4 Å². The summed E-state index contributed by atoms with van der Waals surface area (Å²) < 4.78 is 1.69. The molecule has 142 valence electrons. The summed E-state index contributed by atoms with van der Waals surface area (Å²) in [7, 11) is 1.80. The second kappa shape index (κ2) is 5.31. The number of nitrogens with one attached hydrogen (secondary N) is 1. The number of carbonyl (C=O) groups is 2. The number of imide groups is 1. The summed E-state index contributed by atoms with van der Waals surface area (Å²) in [4.78, 5) is 26.6. The third-order valence-corrected chi connectivity index (χ3v) is 6.95. The van der Waals surface area contributed by atoms with E-state index < -0.39 is 5.54 Å². The number of hydrogen-bond acceptors (Lipinski definition) is 4. The highest BCUT2D eigenvalue weighted by Gasteiger charge is 2.53. The molecule has 1 saturated carbocycles. The SMILES string of the molecule is C[C@@H]1C(O)CC[C@]2(C)c3nn(C)c(N4C(=O)NC(C)(C)C4=O)c3CC[C@@H]12. The van der Waals surface area contributed by atoms with Crippen molar-refractivity contribution in [1.82, 2.24) is 15.1 Å². The second-order valence-corrected chi connectivity index (χ2v) is 9.00. The molecule has 0 bridgehead atoms. The van der Waals surface area contributed by atoms with Crippen LogP contribution >= 0.6 is 0 Å². The normalized spacial score (nSPS) is 35.9. The molecule has 2 heterocycles. The van der Waals surface area contributed by atoms with Gasteiger partial charge in [0, 0.05) is 18.0 Å². The first-order valence-electron chi connectivity index (χ1n) is 9.49. The van der Waals surface area contributed by atoms with Crippen molar-refractivity contribution in [3.8, 4) is 0 Å². The molecule has 3 aliphatic rings. The van der Waals surface area contributed by atoms with Gasteiger partial charge in [-0.05, 0) is 51.4 Å². The zero-order chi connectivity index (χ0) is 19.0. The van der Waals surface area contributed by atoms with Gasteiger partial charge in [0.2, 0.25) is 0 Å². The van der Waals surface area contributed by atoms with Crippen LogP contribution in [-0.4, -0.2) is 38.5 Å². The molecule has 2 aliphatic carbocycles. The molecule has 4 rings (SSSR count). The lowest BCUT2D eigenvalue weighted by atomic mass is 9.56. The van der Waals surface area contributed by atoms with Gasteiger partial charge >= 0.3 is 6.03 Å². The lowest BCUT2D eigenvalue weighted by molar-refractivity contribution is -0.121. The maximum absolute atomic E-state index is 12.8. The smallest absolute Gasteiger partial charge is 0.330 e. The standard InChI is InChI=1S/C19H28N4O3/c1-10-12-7-6-11-14(19(12,4)9-8-13(10)24)21-22(5)15(11)23-16(25)18(2,3)20-17(23)26/h10,12-13,24H,6-9H2,1-5H3,(H,20,26)/t10-,12-,13?,19-/m0/s1. The molecule has 1 unspecified atom stereocenters. The maximum Gasteiger partial charge on any atom is 0.330 e. The zero-order valence-electron chi connectivity index (χ0n) is 16.2. The zero-order valence-corrected chi connectivity index (χ0v) is 16.2. The number of hydrogen-bond donors (Lipinski definition) is 2. The van der Waals surface area contributed by atoms with Crippen molar-refractivity contribution in [2.24, 2.45) is 18.9 Å². The summed E-state index contributed by atoms with van der Waals surface area (Å²) in [5, 5.41) is 17.9. The van der Waals surface area contributed by atoms with Crippen molar-refractivity contribution in [1.29, 1.82) is 0 Å². The minimum Gasteiger partial charge on any atom is -0.393 e. The Hall–Kier alpha value is -1.89. The molecule has 0 aromatic carbocycles. The molecule has 1 aliphatic heterocycles. The monoisotopic (exact) mass is 360 g/mol. The van der Waals surface area contributed by atoms with E-state index in [1.54, 1.807) is 25.6 Å². The summed E-state index contributed by atoms with van der Waals surface area (Å²) >= 11 is 0. The summed E-state index contributed by atoms with van der Waals surface area (Å²) in [5.41, 5.74) is 0.974. The first kappa shape index (κ1) is 17.5. The Balaban J connectivity index is 1.82. The van der Waals surface area contributed by atoms with Gasteiger partial charge in [0.05, 0.1) is 11.8 Å². The number of aryl methyl sites for hydroxylation is 1. The van der Waals surface area contributed by atoms with E-state index in [4.69, 9.17) is 5.10 Å². The molecule has 3 amide bonds. The molecule has 2 fully saturated rings. The van der Waals surface area contributed by atoms with E-state index >= 15 is 0 Å². The number of carbonyl (C=O) groups excluding carboxylic acids is 2.